The Balaban J connectivity index is 1.59. The smallest absolute Gasteiger partial charge is 0.246 e. The van der Waals surface area contributed by atoms with Crippen molar-refractivity contribution in [1.82, 2.24) is 15.5 Å². The molecule has 11 N–H and O–H groups in total. The Morgan fingerprint density at radius 1 is 1.04 bits per heavy atom. The van der Waals surface area contributed by atoms with Crippen molar-refractivity contribution < 1.29 is 49.4 Å². The predicted octanol–water partition coefficient (Wildman–Crippen LogP) is -0.876. The van der Waals surface area contributed by atoms with E-state index in [-0.39, 0.29) is 43.0 Å². The SMILES string of the molecule is CCCCCC(=O)N[C@@H](Cc1ccc(O)cc1)C(=O)N1[C@H](C(=O)N[C@H](CO)CCCN=C(N)N)C[C@@H]2CC[C@H](O[C@@H]3O[C@H](CO)[C@H](O)[C@@H]3O)C[C@@H]21. The van der Waals surface area contributed by atoms with Crippen LogP contribution >= 0.6 is 0 Å². The highest BCUT2D eigenvalue weighted by molar-refractivity contribution is 5.93. The fourth-order valence-electron chi connectivity index (χ4n) is 7.36. The lowest BCUT2D eigenvalue weighted by molar-refractivity contribution is -0.202. The van der Waals surface area contributed by atoms with Crippen LogP contribution in [0.25, 0.3) is 0 Å². The highest BCUT2D eigenvalue weighted by Gasteiger charge is 2.52. The van der Waals surface area contributed by atoms with Crippen molar-refractivity contribution in [3.05, 3.63) is 29.8 Å². The zero-order valence-electron chi connectivity index (χ0n) is 29.3. The molecule has 0 aromatic heterocycles. The van der Waals surface area contributed by atoms with Crippen molar-refractivity contribution in [2.45, 2.75) is 132 Å². The molecule has 16 nitrogen and oxygen atoms in total. The first kappa shape index (κ1) is 40.2. The van der Waals surface area contributed by atoms with E-state index < -0.39 is 73.3 Å². The minimum atomic E-state index is -1.38. The summed E-state index contributed by atoms with van der Waals surface area (Å²) in [7, 11) is 0. The largest absolute Gasteiger partial charge is 0.508 e. The molecule has 10 atom stereocenters. The van der Waals surface area contributed by atoms with E-state index in [2.05, 4.69) is 15.6 Å². The quantitative estimate of drug-likeness (QED) is 0.0509. The van der Waals surface area contributed by atoms with Gasteiger partial charge >= 0.3 is 0 Å². The third kappa shape index (κ3) is 11.0. The molecule has 1 aromatic carbocycles. The maximum atomic E-state index is 14.7. The number of guanidine groups is 1. The van der Waals surface area contributed by atoms with E-state index in [0.717, 1.165) is 12.8 Å². The number of phenols is 1. The molecule has 3 fully saturated rings. The maximum absolute atomic E-state index is 14.7. The third-order valence-corrected chi connectivity index (χ3v) is 10.1. The fourth-order valence-corrected chi connectivity index (χ4v) is 7.36. The van der Waals surface area contributed by atoms with Gasteiger partial charge in [0.05, 0.1) is 25.4 Å². The summed E-state index contributed by atoms with van der Waals surface area (Å²) in [6.45, 7) is 1.52. The molecule has 0 bridgehead atoms. The second-order valence-corrected chi connectivity index (χ2v) is 13.9. The Morgan fingerprint density at radius 3 is 2.43 bits per heavy atom. The van der Waals surface area contributed by atoms with Crippen LogP contribution in [0.15, 0.2) is 29.3 Å². The van der Waals surface area contributed by atoms with E-state index in [0.29, 0.717) is 57.1 Å². The summed E-state index contributed by atoms with van der Waals surface area (Å²) in [4.78, 5) is 47.4. The van der Waals surface area contributed by atoms with E-state index >= 15 is 0 Å². The number of carbonyl (C=O) groups is 3. The van der Waals surface area contributed by atoms with Gasteiger partial charge in [0.25, 0.3) is 0 Å². The molecule has 4 rings (SSSR count). The van der Waals surface area contributed by atoms with Crippen LogP contribution in [0.3, 0.4) is 0 Å². The molecule has 51 heavy (non-hydrogen) atoms. The summed E-state index contributed by atoms with van der Waals surface area (Å²) >= 11 is 0. The number of aliphatic imine (C=N–C) groups is 1. The monoisotopic (exact) mass is 720 g/mol. The summed E-state index contributed by atoms with van der Waals surface area (Å²) < 4.78 is 11.7. The molecule has 0 unspecified atom stereocenters. The number of unbranched alkanes of at least 4 members (excludes halogenated alkanes) is 2. The fraction of sp³-hybridized carbons (Fsp3) is 0.714. The first-order valence-electron chi connectivity index (χ1n) is 18.1. The number of ether oxygens (including phenoxy) is 2. The highest BCUT2D eigenvalue weighted by atomic mass is 16.7. The van der Waals surface area contributed by atoms with Crippen molar-refractivity contribution in [3.8, 4) is 5.75 Å². The molecular formula is C35H56N6O10. The number of likely N-dealkylation sites (tertiary alicyclic amines) is 1. The second kappa shape index (κ2) is 19.3. The molecule has 1 aromatic rings. The van der Waals surface area contributed by atoms with Gasteiger partial charge in [-0.2, -0.15) is 0 Å². The van der Waals surface area contributed by atoms with E-state index in [1.807, 2.05) is 6.92 Å². The molecular weight excluding hydrogens is 664 g/mol. The number of phenolic OH excluding ortho intramolecular Hbond substituents is 1. The molecule has 1 aliphatic carbocycles. The minimum absolute atomic E-state index is 0.0534. The van der Waals surface area contributed by atoms with E-state index in [4.69, 9.17) is 20.9 Å². The lowest BCUT2D eigenvalue weighted by atomic mass is 9.83. The van der Waals surface area contributed by atoms with Crippen LogP contribution < -0.4 is 22.1 Å². The van der Waals surface area contributed by atoms with Crippen molar-refractivity contribution in [3.63, 3.8) is 0 Å². The first-order chi connectivity index (χ1) is 24.4. The standard InChI is InChI=1S/C35H56N6O10/c1-2-3-4-7-29(45)40-25(15-20-8-11-23(44)12-9-20)33(49)41-26-17-24(50-34-31(47)30(46)28(19-43)51-34)13-10-21(26)16-27(41)32(48)39-22(18-42)6-5-14-38-35(36)37/h8-9,11-12,21-22,24-28,30-31,34,42-44,46-47H,2-7,10,13-19H2,1H3,(H,39,48)(H,40,45)(H4,36,37,38)/t21-,22-,24-,25-,26-,27-,28+,30-,31-,34+/m0/s1. The minimum Gasteiger partial charge on any atom is -0.508 e. The normalized spacial score (nSPS) is 28.5. The number of nitrogens with two attached hydrogens (primary N) is 2. The number of nitrogens with one attached hydrogen (secondary N) is 2. The molecule has 0 radical (unpaired) electrons. The Hall–Kier alpha value is -3.54. The Morgan fingerprint density at radius 2 is 1.78 bits per heavy atom. The van der Waals surface area contributed by atoms with Crippen LogP contribution in [0.1, 0.15) is 76.7 Å². The van der Waals surface area contributed by atoms with E-state index in [1.54, 1.807) is 17.0 Å². The van der Waals surface area contributed by atoms with Gasteiger partial charge in [-0.15, -0.1) is 0 Å². The van der Waals surface area contributed by atoms with Crippen LogP contribution in [0, 0.1) is 5.92 Å². The summed E-state index contributed by atoms with van der Waals surface area (Å²) in [5.41, 5.74) is 11.5. The van der Waals surface area contributed by atoms with Crippen LogP contribution in [-0.4, -0.2) is 129 Å². The number of carbonyl (C=O) groups excluding carboxylic acids is 3. The lowest BCUT2D eigenvalue weighted by Crippen LogP contribution is -2.58. The number of fused-ring (bicyclic) bond motifs is 1. The molecule has 3 aliphatic rings. The van der Waals surface area contributed by atoms with Crippen molar-refractivity contribution in [2.75, 3.05) is 19.8 Å². The number of benzene rings is 1. The van der Waals surface area contributed by atoms with E-state index in [1.165, 1.54) is 12.1 Å². The molecule has 0 spiro atoms. The van der Waals surface area contributed by atoms with Gasteiger partial charge in [-0.25, -0.2) is 0 Å². The molecule has 2 heterocycles. The number of rotatable bonds is 18. The van der Waals surface area contributed by atoms with Gasteiger partial charge in [-0.3, -0.25) is 19.4 Å². The molecule has 3 amide bonds. The zero-order valence-corrected chi connectivity index (χ0v) is 29.3. The van der Waals surface area contributed by atoms with Gasteiger partial charge in [0.1, 0.15) is 36.1 Å². The average molecular weight is 721 g/mol. The van der Waals surface area contributed by atoms with E-state index in [9.17, 15) is 39.9 Å². The molecule has 2 aliphatic heterocycles. The first-order valence-corrected chi connectivity index (χ1v) is 18.1. The van der Waals surface area contributed by atoms with Crippen molar-refractivity contribution >= 4 is 23.7 Å². The third-order valence-electron chi connectivity index (χ3n) is 10.1. The summed E-state index contributed by atoms with van der Waals surface area (Å²) in [5, 5.41) is 56.0. The van der Waals surface area contributed by atoms with Gasteiger partial charge in [-0.1, -0.05) is 31.9 Å². The molecule has 16 heteroatoms. The Bertz CT molecular complexity index is 1310. The van der Waals surface area contributed by atoms with Crippen molar-refractivity contribution in [1.29, 1.82) is 0 Å². The maximum Gasteiger partial charge on any atom is 0.246 e. The average Bonchev–Trinajstić information content (AvgIpc) is 3.62. The van der Waals surface area contributed by atoms with Crippen LogP contribution in [0.2, 0.25) is 0 Å². The van der Waals surface area contributed by atoms with Gasteiger partial charge in [-0.05, 0) is 68.6 Å². The van der Waals surface area contributed by atoms with Gasteiger partial charge in [0.2, 0.25) is 17.7 Å². The molecule has 286 valence electrons. The second-order valence-electron chi connectivity index (χ2n) is 13.9. The topological polar surface area (TPSA) is 263 Å². The summed E-state index contributed by atoms with van der Waals surface area (Å²) in [6.07, 6.45) is 0.0791. The lowest BCUT2D eigenvalue weighted by Gasteiger charge is -2.39. The number of nitrogens with zero attached hydrogens (tertiary/aromatic N) is 2. The van der Waals surface area contributed by atoms with Gasteiger partial charge < -0.3 is 62.0 Å². The number of hydrogen-bond acceptors (Lipinski definition) is 11. The Kier molecular flexibility index (Phi) is 15.3. The van der Waals surface area contributed by atoms with Crippen LogP contribution in [0.5, 0.6) is 5.75 Å². The summed E-state index contributed by atoms with van der Waals surface area (Å²) in [6, 6.07) is 3.35. The molecule has 1 saturated carbocycles. The number of aliphatic hydroxyl groups is 4. The molecule has 2 saturated heterocycles. The van der Waals surface area contributed by atoms with Gasteiger partial charge in [0.15, 0.2) is 12.2 Å². The predicted molar refractivity (Wildman–Crippen MR) is 186 cm³/mol. The highest BCUT2D eigenvalue weighted by Crippen LogP contribution is 2.42. The number of aliphatic hydroxyl groups excluding tert-OH is 4. The number of aromatic hydroxyl groups is 1. The Labute approximate surface area is 298 Å². The summed E-state index contributed by atoms with van der Waals surface area (Å²) in [5.74, 6) is -1.24. The van der Waals surface area contributed by atoms with Gasteiger partial charge in [0, 0.05) is 25.4 Å². The number of amides is 3. The van der Waals surface area contributed by atoms with Crippen LogP contribution in [-0.2, 0) is 30.3 Å². The van der Waals surface area contributed by atoms with Crippen LogP contribution in [0.4, 0.5) is 0 Å². The van der Waals surface area contributed by atoms with Crippen molar-refractivity contribution in [2.24, 2.45) is 22.4 Å². The number of hydrogen-bond donors (Lipinski definition) is 9. The zero-order chi connectivity index (χ0) is 37.1.